The normalized spacial score (nSPS) is 12.2. The van der Waals surface area contributed by atoms with Gasteiger partial charge in [-0.05, 0) is 42.3 Å². The molecule has 2 aromatic carbocycles. The molecular formula is C20H20N2O5. The molecule has 0 saturated heterocycles. The number of rotatable bonds is 7. The van der Waals surface area contributed by atoms with Crippen LogP contribution in [0.3, 0.4) is 0 Å². The molecule has 2 N–H and O–H groups in total. The van der Waals surface area contributed by atoms with Gasteiger partial charge in [0.2, 0.25) is 6.79 Å². The minimum absolute atomic E-state index is 0.0542. The fourth-order valence-electron chi connectivity index (χ4n) is 2.99. The first-order valence-corrected chi connectivity index (χ1v) is 8.66. The van der Waals surface area contributed by atoms with Crippen LogP contribution >= 0.6 is 0 Å². The zero-order chi connectivity index (χ0) is 18.6. The van der Waals surface area contributed by atoms with Crippen molar-refractivity contribution in [1.29, 1.82) is 0 Å². The molecule has 0 radical (unpaired) electrons. The first kappa shape index (κ1) is 17.1. The molecule has 2 heterocycles. The Hall–Kier alpha value is -3.35. The van der Waals surface area contributed by atoms with E-state index in [1.165, 1.54) is 0 Å². The van der Waals surface area contributed by atoms with E-state index in [1.54, 1.807) is 25.3 Å². The summed E-state index contributed by atoms with van der Waals surface area (Å²) in [6.07, 6.45) is 2.67. The number of benzene rings is 2. The summed E-state index contributed by atoms with van der Waals surface area (Å²) in [4.78, 5) is 15.3. The first-order chi connectivity index (χ1) is 13.2. The third-order valence-corrected chi connectivity index (χ3v) is 4.41. The van der Waals surface area contributed by atoms with Gasteiger partial charge in [-0.15, -0.1) is 0 Å². The molecule has 1 aromatic heterocycles. The summed E-state index contributed by atoms with van der Waals surface area (Å²) in [5, 5.41) is 3.97. The Morgan fingerprint density at radius 2 is 2.00 bits per heavy atom. The highest BCUT2D eigenvalue weighted by molar-refractivity contribution is 5.84. The summed E-state index contributed by atoms with van der Waals surface area (Å²) >= 11 is 0. The zero-order valence-electron chi connectivity index (χ0n) is 14.9. The van der Waals surface area contributed by atoms with Crippen molar-refractivity contribution in [1.82, 2.24) is 10.3 Å². The monoisotopic (exact) mass is 368 g/mol. The average molecular weight is 368 g/mol. The van der Waals surface area contributed by atoms with E-state index < -0.39 is 0 Å². The van der Waals surface area contributed by atoms with Crippen molar-refractivity contribution in [2.75, 3.05) is 27.1 Å². The molecule has 1 aliphatic heterocycles. The van der Waals surface area contributed by atoms with Crippen molar-refractivity contribution < 1.29 is 23.7 Å². The zero-order valence-corrected chi connectivity index (χ0v) is 14.9. The minimum atomic E-state index is -0.176. The van der Waals surface area contributed by atoms with Gasteiger partial charge in [0, 0.05) is 29.7 Å². The Balaban J connectivity index is 1.27. The minimum Gasteiger partial charge on any atom is -0.497 e. The molecule has 1 aliphatic rings. The second-order valence-corrected chi connectivity index (χ2v) is 6.13. The van der Waals surface area contributed by atoms with Crippen LogP contribution in [0.2, 0.25) is 0 Å². The summed E-state index contributed by atoms with van der Waals surface area (Å²) in [6.45, 7) is 0.674. The average Bonchev–Trinajstić information content (AvgIpc) is 3.32. The largest absolute Gasteiger partial charge is 0.497 e. The Bertz CT molecular complexity index is 966. The molecule has 0 bridgehead atoms. The number of carbonyl (C=O) groups is 1. The van der Waals surface area contributed by atoms with Crippen LogP contribution in [0.5, 0.6) is 23.0 Å². The smallest absolute Gasteiger partial charge is 0.257 e. The van der Waals surface area contributed by atoms with Crippen LogP contribution < -0.4 is 24.3 Å². The highest BCUT2D eigenvalue weighted by atomic mass is 16.7. The molecule has 0 aliphatic carbocycles. The molecule has 4 rings (SSSR count). The SMILES string of the molecule is COc1ccc2[nH]cc(CCNC(=O)COc3ccc4c(c3)OCO4)c2c1. The number of ether oxygens (including phenoxy) is 4. The fraction of sp³-hybridized carbons (Fsp3) is 0.250. The highest BCUT2D eigenvalue weighted by Gasteiger charge is 2.14. The van der Waals surface area contributed by atoms with Crippen LogP contribution in [0.1, 0.15) is 5.56 Å². The quantitative estimate of drug-likeness (QED) is 0.670. The third kappa shape index (κ3) is 3.76. The van der Waals surface area contributed by atoms with E-state index >= 15 is 0 Å². The van der Waals surface area contributed by atoms with Gasteiger partial charge in [-0.2, -0.15) is 0 Å². The lowest BCUT2D eigenvalue weighted by Crippen LogP contribution is -2.30. The second kappa shape index (κ2) is 7.49. The van der Waals surface area contributed by atoms with Crippen molar-refractivity contribution in [3.8, 4) is 23.0 Å². The first-order valence-electron chi connectivity index (χ1n) is 8.66. The maximum absolute atomic E-state index is 12.0. The summed E-state index contributed by atoms with van der Waals surface area (Å²) in [5.41, 5.74) is 2.17. The van der Waals surface area contributed by atoms with E-state index in [0.717, 1.165) is 22.2 Å². The molecular weight excluding hydrogens is 348 g/mol. The lowest BCUT2D eigenvalue weighted by Gasteiger charge is -2.08. The number of hydrogen-bond donors (Lipinski definition) is 2. The standard InChI is InChI=1S/C20H20N2O5/c1-24-14-2-4-17-16(8-14)13(10-22-17)6-7-21-20(23)11-25-15-3-5-18-19(9-15)27-12-26-18/h2-5,8-10,22H,6-7,11-12H2,1H3,(H,21,23). The van der Waals surface area contributed by atoms with E-state index in [0.29, 0.717) is 30.2 Å². The number of hydrogen-bond acceptors (Lipinski definition) is 5. The fourth-order valence-corrected chi connectivity index (χ4v) is 2.99. The lowest BCUT2D eigenvalue weighted by atomic mass is 10.1. The molecule has 0 spiro atoms. The van der Waals surface area contributed by atoms with Crippen LogP contribution in [0.25, 0.3) is 10.9 Å². The summed E-state index contributed by atoms with van der Waals surface area (Å²) in [6, 6.07) is 11.1. The number of amides is 1. The topological polar surface area (TPSA) is 81.8 Å². The van der Waals surface area contributed by atoms with Gasteiger partial charge in [-0.1, -0.05) is 0 Å². The van der Waals surface area contributed by atoms with Crippen molar-refractivity contribution in [3.63, 3.8) is 0 Å². The number of aromatic nitrogens is 1. The van der Waals surface area contributed by atoms with Crippen molar-refractivity contribution in [2.45, 2.75) is 6.42 Å². The molecule has 0 saturated carbocycles. The number of carbonyl (C=O) groups excluding carboxylic acids is 1. The summed E-state index contributed by atoms with van der Waals surface area (Å²) in [5.74, 6) is 2.51. The van der Waals surface area contributed by atoms with Gasteiger partial charge in [0.05, 0.1) is 7.11 Å². The van der Waals surface area contributed by atoms with Gasteiger partial charge in [0.1, 0.15) is 11.5 Å². The van der Waals surface area contributed by atoms with E-state index in [-0.39, 0.29) is 19.3 Å². The number of nitrogens with one attached hydrogen (secondary N) is 2. The number of methoxy groups -OCH3 is 1. The predicted molar refractivity (Wildman–Crippen MR) is 99.6 cm³/mol. The van der Waals surface area contributed by atoms with Gasteiger partial charge in [-0.25, -0.2) is 0 Å². The number of H-pyrrole nitrogens is 1. The van der Waals surface area contributed by atoms with E-state index in [1.807, 2.05) is 24.4 Å². The third-order valence-electron chi connectivity index (χ3n) is 4.41. The van der Waals surface area contributed by atoms with Gasteiger partial charge in [-0.3, -0.25) is 4.79 Å². The van der Waals surface area contributed by atoms with Gasteiger partial charge >= 0.3 is 0 Å². The highest BCUT2D eigenvalue weighted by Crippen LogP contribution is 2.35. The van der Waals surface area contributed by atoms with Crippen LogP contribution in [0, 0.1) is 0 Å². The Labute approximate surface area is 156 Å². The van der Waals surface area contributed by atoms with Gasteiger partial charge < -0.3 is 29.2 Å². The van der Waals surface area contributed by atoms with Crippen LogP contribution in [-0.2, 0) is 11.2 Å². The summed E-state index contributed by atoms with van der Waals surface area (Å²) < 4.78 is 21.3. The van der Waals surface area contributed by atoms with Crippen molar-refractivity contribution in [2.24, 2.45) is 0 Å². The van der Waals surface area contributed by atoms with Crippen LogP contribution in [-0.4, -0.2) is 37.9 Å². The second-order valence-electron chi connectivity index (χ2n) is 6.13. The Kier molecular flexibility index (Phi) is 4.74. The molecule has 0 fully saturated rings. The molecule has 3 aromatic rings. The Morgan fingerprint density at radius 1 is 1.15 bits per heavy atom. The summed E-state index contributed by atoms with van der Waals surface area (Å²) in [7, 11) is 1.65. The molecule has 7 nitrogen and oxygen atoms in total. The number of aromatic amines is 1. The lowest BCUT2D eigenvalue weighted by molar-refractivity contribution is -0.123. The maximum atomic E-state index is 12.0. The van der Waals surface area contributed by atoms with Crippen LogP contribution in [0.15, 0.2) is 42.6 Å². The van der Waals surface area contributed by atoms with Crippen LogP contribution in [0.4, 0.5) is 0 Å². The van der Waals surface area contributed by atoms with Crippen molar-refractivity contribution in [3.05, 3.63) is 48.2 Å². The molecule has 140 valence electrons. The molecule has 27 heavy (non-hydrogen) atoms. The van der Waals surface area contributed by atoms with Gasteiger partial charge in [0.15, 0.2) is 18.1 Å². The van der Waals surface area contributed by atoms with E-state index in [4.69, 9.17) is 18.9 Å². The number of fused-ring (bicyclic) bond motifs is 2. The molecule has 0 atom stereocenters. The molecule has 7 heteroatoms. The Morgan fingerprint density at radius 3 is 2.89 bits per heavy atom. The van der Waals surface area contributed by atoms with Crippen molar-refractivity contribution >= 4 is 16.8 Å². The van der Waals surface area contributed by atoms with E-state index in [2.05, 4.69) is 10.3 Å². The molecule has 0 unspecified atom stereocenters. The molecule has 1 amide bonds. The maximum Gasteiger partial charge on any atom is 0.257 e. The predicted octanol–water partition coefficient (Wildman–Crippen LogP) is 2.64. The van der Waals surface area contributed by atoms with Gasteiger partial charge in [0.25, 0.3) is 5.91 Å². The van der Waals surface area contributed by atoms with E-state index in [9.17, 15) is 4.79 Å².